The van der Waals surface area contributed by atoms with E-state index in [0.717, 1.165) is 44.4 Å². The lowest BCUT2D eigenvalue weighted by Gasteiger charge is -2.28. The van der Waals surface area contributed by atoms with E-state index >= 15 is 0 Å². The van der Waals surface area contributed by atoms with Gasteiger partial charge in [-0.15, -0.1) is 11.3 Å². The van der Waals surface area contributed by atoms with Gasteiger partial charge in [0.25, 0.3) is 0 Å². The van der Waals surface area contributed by atoms with Crippen molar-refractivity contribution < 1.29 is 4.42 Å². The number of fused-ring (bicyclic) bond motifs is 9. The summed E-state index contributed by atoms with van der Waals surface area (Å²) in [6.07, 6.45) is 0. The Kier molecular flexibility index (Phi) is 6.76. The van der Waals surface area contributed by atoms with Crippen molar-refractivity contribution >= 4 is 92.1 Å². The first-order chi connectivity index (χ1) is 26.3. The van der Waals surface area contributed by atoms with E-state index in [0.29, 0.717) is 0 Å². The predicted molar refractivity (Wildman–Crippen MR) is 227 cm³/mol. The van der Waals surface area contributed by atoms with Crippen LogP contribution in [0.1, 0.15) is 0 Å². The number of benzene rings is 9. The van der Waals surface area contributed by atoms with E-state index in [2.05, 4.69) is 181 Å². The van der Waals surface area contributed by atoms with Crippen LogP contribution in [-0.4, -0.2) is 0 Å². The van der Waals surface area contributed by atoms with E-state index in [1.807, 2.05) is 23.5 Å². The number of anilines is 3. The average molecular weight is 694 g/mol. The lowest BCUT2D eigenvalue weighted by molar-refractivity contribution is 0.670. The van der Waals surface area contributed by atoms with Crippen molar-refractivity contribution in [2.45, 2.75) is 0 Å². The van der Waals surface area contributed by atoms with E-state index in [9.17, 15) is 0 Å². The van der Waals surface area contributed by atoms with Gasteiger partial charge in [-0.25, -0.2) is 0 Å². The molecule has 0 atom stereocenters. The SMILES string of the molecule is c1ccc(N(c2cccc3ccccc23)c2cc3c(sc4cccc(-c5ccc(-c6cccc7c6oc6ccccc67)cc5)c43)c3ccccc23)cc1. The highest BCUT2D eigenvalue weighted by Crippen LogP contribution is 2.49. The topological polar surface area (TPSA) is 16.4 Å². The molecule has 0 fully saturated rings. The Morgan fingerprint density at radius 1 is 0.415 bits per heavy atom. The molecule has 0 spiro atoms. The first-order valence-electron chi connectivity index (χ1n) is 18.0. The molecule has 248 valence electrons. The summed E-state index contributed by atoms with van der Waals surface area (Å²) in [6, 6.07) is 67.9. The number of para-hydroxylation sites is 3. The number of nitrogens with zero attached hydrogens (tertiary/aromatic N) is 1. The van der Waals surface area contributed by atoms with Crippen molar-refractivity contribution in [2.75, 3.05) is 4.90 Å². The fourth-order valence-corrected chi connectivity index (χ4v) is 9.49. The zero-order chi connectivity index (χ0) is 34.9. The van der Waals surface area contributed by atoms with Gasteiger partial charge in [0.2, 0.25) is 0 Å². The Morgan fingerprint density at radius 2 is 1.04 bits per heavy atom. The maximum Gasteiger partial charge on any atom is 0.143 e. The molecule has 11 aromatic rings. The molecule has 0 saturated carbocycles. The number of hydrogen-bond donors (Lipinski definition) is 0. The second kappa shape index (κ2) is 11.9. The minimum Gasteiger partial charge on any atom is -0.455 e. The van der Waals surface area contributed by atoms with Crippen LogP contribution in [-0.2, 0) is 0 Å². The summed E-state index contributed by atoms with van der Waals surface area (Å²) in [5.74, 6) is 0. The standard InChI is InChI=1S/C50H31NOS/c1-2-15-35(16-3-1)51(44-24-10-14-32-13-4-5-17-36(32)44)45-31-43-48-37(21-12-26-47(48)53-50(43)42-20-7-6-18-39(42)45)33-27-29-34(30-28-33)38-22-11-23-41-40-19-8-9-25-46(40)52-49(38)41/h1-31H. The van der Waals surface area contributed by atoms with Crippen LogP contribution in [0.5, 0.6) is 0 Å². The van der Waals surface area contributed by atoms with E-state index in [1.54, 1.807) is 0 Å². The predicted octanol–water partition coefficient (Wildman–Crippen LogP) is 15.1. The van der Waals surface area contributed by atoms with Gasteiger partial charge in [-0.3, -0.25) is 0 Å². The second-order valence-corrected chi connectivity index (χ2v) is 14.7. The summed E-state index contributed by atoms with van der Waals surface area (Å²) < 4.78 is 8.99. The maximum atomic E-state index is 6.40. The van der Waals surface area contributed by atoms with Gasteiger partial charge in [0.15, 0.2) is 0 Å². The van der Waals surface area contributed by atoms with Crippen molar-refractivity contribution in [3.63, 3.8) is 0 Å². The van der Waals surface area contributed by atoms with Crippen LogP contribution < -0.4 is 4.90 Å². The summed E-state index contributed by atoms with van der Waals surface area (Å²) in [5, 5.41) is 9.79. The van der Waals surface area contributed by atoms with Crippen molar-refractivity contribution in [2.24, 2.45) is 0 Å². The zero-order valence-electron chi connectivity index (χ0n) is 28.7. The Morgan fingerprint density at radius 3 is 1.89 bits per heavy atom. The Balaban J connectivity index is 1.13. The highest BCUT2D eigenvalue weighted by molar-refractivity contribution is 7.26. The molecule has 0 aliphatic carbocycles. The van der Waals surface area contributed by atoms with Gasteiger partial charge in [0, 0.05) is 58.4 Å². The van der Waals surface area contributed by atoms with Gasteiger partial charge < -0.3 is 9.32 Å². The summed E-state index contributed by atoms with van der Waals surface area (Å²) in [5.41, 5.74) is 9.98. The van der Waals surface area contributed by atoms with Gasteiger partial charge in [0.1, 0.15) is 11.2 Å². The minimum atomic E-state index is 0.917. The largest absolute Gasteiger partial charge is 0.455 e. The van der Waals surface area contributed by atoms with Gasteiger partial charge >= 0.3 is 0 Å². The molecule has 11 rings (SSSR count). The molecule has 0 radical (unpaired) electrons. The van der Waals surface area contributed by atoms with Crippen LogP contribution in [0.2, 0.25) is 0 Å². The highest BCUT2D eigenvalue weighted by Gasteiger charge is 2.22. The summed E-state index contributed by atoms with van der Waals surface area (Å²) in [7, 11) is 0. The molecule has 3 heteroatoms. The van der Waals surface area contributed by atoms with E-state index in [1.165, 1.54) is 58.5 Å². The summed E-state index contributed by atoms with van der Waals surface area (Å²) in [4.78, 5) is 2.45. The van der Waals surface area contributed by atoms with E-state index in [4.69, 9.17) is 4.42 Å². The van der Waals surface area contributed by atoms with Crippen molar-refractivity contribution in [1.29, 1.82) is 0 Å². The van der Waals surface area contributed by atoms with Crippen LogP contribution in [0.3, 0.4) is 0 Å². The molecule has 9 aromatic carbocycles. The van der Waals surface area contributed by atoms with Crippen LogP contribution in [0.4, 0.5) is 17.1 Å². The third-order valence-electron chi connectivity index (χ3n) is 10.7. The zero-order valence-corrected chi connectivity index (χ0v) is 29.5. The molecule has 0 aliphatic rings. The van der Waals surface area contributed by atoms with Gasteiger partial charge in [0.05, 0.1) is 11.4 Å². The van der Waals surface area contributed by atoms with Crippen molar-refractivity contribution in [3.8, 4) is 22.3 Å². The first kappa shape index (κ1) is 30.0. The lowest BCUT2D eigenvalue weighted by Crippen LogP contribution is -2.11. The number of rotatable bonds is 5. The third-order valence-corrected chi connectivity index (χ3v) is 11.9. The van der Waals surface area contributed by atoms with E-state index in [-0.39, 0.29) is 0 Å². The average Bonchev–Trinajstić information content (AvgIpc) is 3.81. The number of furan rings is 1. The van der Waals surface area contributed by atoms with Crippen molar-refractivity contribution in [1.82, 2.24) is 0 Å². The molecule has 0 saturated heterocycles. The Labute approximate surface area is 310 Å². The molecule has 0 N–H and O–H groups in total. The smallest absolute Gasteiger partial charge is 0.143 e. The van der Waals surface area contributed by atoms with Crippen LogP contribution in [0.15, 0.2) is 192 Å². The molecule has 0 unspecified atom stereocenters. The summed E-state index contributed by atoms with van der Waals surface area (Å²) in [6.45, 7) is 0. The van der Waals surface area contributed by atoms with Crippen molar-refractivity contribution in [3.05, 3.63) is 188 Å². The highest BCUT2D eigenvalue weighted by atomic mass is 32.1. The van der Waals surface area contributed by atoms with Crippen LogP contribution in [0.25, 0.3) is 85.9 Å². The molecular weight excluding hydrogens is 663 g/mol. The normalized spacial score (nSPS) is 11.8. The van der Waals surface area contributed by atoms with Gasteiger partial charge in [-0.2, -0.15) is 0 Å². The molecule has 0 aliphatic heterocycles. The molecule has 0 amide bonds. The third kappa shape index (κ3) is 4.71. The lowest BCUT2D eigenvalue weighted by atomic mass is 9.95. The summed E-state index contributed by atoms with van der Waals surface area (Å²) >= 11 is 1.89. The Bertz CT molecular complexity index is 3170. The quantitative estimate of drug-likeness (QED) is 0.178. The molecule has 53 heavy (non-hydrogen) atoms. The van der Waals surface area contributed by atoms with E-state index < -0.39 is 0 Å². The Hall–Kier alpha value is -6.68. The molecule has 2 aromatic heterocycles. The second-order valence-electron chi connectivity index (χ2n) is 13.6. The first-order valence-corrected chi connectivity index (χ1v) is 18.8. The maximum absolute atomic E-state index is 6.40. The molecule has 2 nitrogen and oxygen atoms in total. The fourth-order valence-electron chi connectivity index (χ4n) is 8.25. The minimum absolute atomic E-state index is 0.917. The van der Waals surface area contributed by atoms with Gasteiger partial charge in [-0.1, -0.05) is 152 Å². The monoisotopic (exact) mass is 693 g/mol. The van der Waals surface area contributed by atoms with Crippen LogP contribution >= 0.6 is 11.3 Å². The van der Waals surface area contributed by atoms with Crippen LogP contribution in [0, 0.1) is 0 Å². The number of hydrogen-bond acceptors (Lipinski definition) is 3. The molecule has 0 bridgehead atoms. The fraction of sp³-hybridized carbons (Fsp3) is 0. The number of thiophene rings is 1. The molecule has 2 heterocycles. The molecular formula is C50H31NOS. The van der Waals surface area contributed by atoms with Gasteiger partial charge in [-0.05, 0) is 58.5 Å².